The molecule has 0 saturated carbocycles. The van der Waals surface area contributed by atoms with Gasteiger partial charge in [0.15, 0.2) is 0 Å². The van der Waals surface area contributed by atoms with E-state index in [2.05, 4.69) is 6.92 Å². The monoisotopic (exact) mass is 301 g/mol. The second kappa shape index (κ2) is 16.3. The average Bonchev–Trinajstić information content (AvgIpc) is 2.41. The second-order valence-electron chi connectivity index (χ2n) is 5.12. The minimum absolute atomic E-state index is 0. The Hall–Kier alpha value is -0.730. The molecule has 118 valence electrons. The van der Waals surface area contributed by atoms with Gasteiger partial charge in [-0.05, 0) is 30.5 Å². The number of rotatable bonds is 8. The van der Waals surface area contributed by atoms with E-state index < -0.39 is 0 Å². The van der Waals surface area contributed by atoms with Crippen LogP contribution in [0.3, 0.4) is 0 Å². The number of halogens is 1. The number of hydrogen-bond acceptors (Lipinski definition) is 1. The maximum Gasteiger partial charge on any atom is 0.115 e. The predicted molar refractivity (Wildman–Crippen MR) is 83.6 cm³/mol. The van der Waals surface area contributed by atoms with E-state index in [9.17, 15) is 0 Å². The molecule has 0 fully saturated rings. The van der Waals surface area contributed by atoms with Crippen molar-refractivity contribution in [2.45, 2.75) is 58.3 Å². The lowest BCUT2D eigenvalue weighted by Gasteiger charge is -2.02. The average molecular weight is 302 g/mol. The minimum Gasteiger partial charge on any atom is -1.00 e. The molecule has 20 heavy (non-hydrogen) atoms. The smallest absolute Gasteiger partial charge is 0.115 e. The highest BCUT2D eigenvalue weighted by Crippen LogP contribution is 2.13. The molecule has 2 nitrogen and oxygen atoms in total. The first-order chi connectivity index (χ1) is 9.24. The third-order valence-electron chi connectivity index (χ3n) is 3.01. The zero-order valence-electron chi connectivity index (χ0n) is 13.4. The van der Waals surface area contributed by atoms with Gasteiger partial charge >= 0.3 is 0 Å². The Morgan fingerprint density at radius 1 is 0.850 bits per heavy atom. The summed E-state index contributed by atoms with van der Waals surface area (Å²) in [5.74, 6) is 0.364. The summed E-state index contributed by atoms with van der Waals surface area (Å²) in [4.78, 5) is 0. The summed E-state index contributed by atoms with van der Waals surface area (Å²) in [6.45, 7) is 2.25. The number of aromatic hydroxyl groups is 1. The quantitative estimate of drug-likeness (QED) is 0.674. The number of nitrogens with two attached hydrogens (primary N) is 1. The summed E-state index contributed by atoms with van der Waals surface area (Å²) in [5, 5.41) is 11.1. The van der Waals surface area contributed by atoms with Crippen LogP contribution in [0.25, 0.3) is 0 Å². The van der Waals surface area contributed by atoms with Gasteiger partial charge in [-0.1, -0.05) is 57.6 Å². The predicted octanol–water partition coefficient (Wildman–Crippen LogP) is 0.499. The van der Waals surface area contributed by atoms with E-state index in [-0.39, 0.29) is 12.4 Å². The van der Waals surface area contributed by atoms with E-state index in [0.717, 1.165) is 6.42 Å². The van der Waals surface area contributed by atoms with E-state index in [4.69, 9.17) is 5.11 Å². The van der Waals surface area contributed by atoms with Crippen LogP contribution in [0.5, 0.6) is 5.75 Å². The Bertz CT molecular complexity index is 288. The van der Waals surface area contributed by atoms with E-state index in [0.29, 0.717) is 5.75 Å². The molecule has 0 atom stereocenters. The fraction of sp³-hybridized carbons (Fsp3) is 0.647. The molecule has 3 heteroatoms. The molecule has 0 heterocycles. The molecule has 1 rings (SSSR count). The van der Waals surface area contributed by atoms with Crippen molar-refractivity contribution < 1.29 is 22.8 Å². The topological polar surface area (TPSA) is 36.8 Å². The first kappa shape index (κ1) is 21.6. The molecule has 0 unspecified atom stereocenters. The van der Waals surface area contributed by atoms with Gasteiger partial charge in [0.1, 0.15) is 5.75 Å². The zero-order chi connectivity index (χ0) is 14.3. The van der Waals surface area contributed by atoms with Crippen molar-refractivity contribution in [1.82, 2.24) is 0 Å². The number of phenols is 1. The molecule has 3 N–H and O–H groups in total. The van der Waals surface area contributed by atoms with Gasteiger partial charge in [0.25, 0.3) is 0 Å². The molecule has 0 amide bonds. The molecular weight excluding hydrogens is 270 g/mol. The lowest BCUT2D eigenvalue weighted by Crippen LogP contribution is -3.00. The van der Waals surface area contributed by atoms with Gasteiger partial charge in [0.05, 0.1) is 14.1 Å². The van der Waals surface area contributed by atoms with Crippen LogP contribution in [-0.4, -0.2) is 19.2 Å². The zero-order valence-corrected chi connectivity index (χ0v) is 14.1. The Kier molecular flexibility index (Phi) is 17.6. The first-order valence-corrected chi connectivity index (χ1v) is 7.76. The summed E-state index contributed by atoms with van der Waals surface area (Å²) < 4.78 is 0. The lowest BCUT2D eigenvalue weighted by atomic mass is 10.0. The van der Waals surface area contributed by atoms with Crippen molar-refractivity contribution in [3.05, 3.63) is 29.8 Å². The summed E-state index contributed by atoms with van der Waals surface area (Å²) in [6, 6.07) is 7.59. The SMILES string of the molecule is CCCCCCCCCc1ccc(O)cc1.C[NH2+]C.[Cl-]. The maximum atomic E-state index is 9.15. The van der Waals surface area contributed by atoms with E-state index in [1.165, 1.54) is 50.5 Å². The molecule has 0 aliphatic heterocycles. The second-order valence-corrected chi connectivity index (χ2v) is 5.12. The molecule has 0 aliphatic carbocycles. The molecule has 1 aromatic rings. The number of phenolic OH excluding ortho intramolecular Hbond substituents is 1. The van der Waals surface area contributed by atoms with Gasteiger partial charge in [-0.3, -0.25) is 0 Å². The molecular formula is C17H32ClNO. The largest absolute Gasteiger partial charge is 1.00 e. The number of quaternary nitrogens is 1. The normalized spacial score (nSPS) is 9.35. The van der Waals surface area contributed by atoms with Gasteiger partial charge in [0, 0.05) is 0 Å². The van der Waals surface area contributed by atoms with Crippen LogP contribution in [0.2, 0.25) is 0 Å². The molecule has 0 radical (unpaired) electrons. The van der Waals surface area contributed by atoms with Crippen molar-refractivity contribution >= 4 is 0 Å². The lowest BCUT2D eigenvalue weighted by molar-refractivity contribution is -0.597. The summed E-state index contributed by atoms with van der Waals surface area (Å²) >= 11 is 0. The minimum atomic E-state index is 0. The highest BCUT2D eigenvalue weighted by atomic mass is 35.5. The molecule has 0 bridgehead atoms. The molecule has 0 aromatic heterocycles. The van der Waals surface area contributed by atoms with Crippen molar-refractivity contribution in [3.8, 4) is 5.75 Å². The van der Waals surface area contributed by atoms with Gasteiger partial charge in [-0.15, -0.1) is 0 Å². The van der Waals surface area contributed by atoms with E-state index >= 15 is 0 Å². The summed E-state index contributed by atoms with van der Waals surface area (Å²) in [6.07, 6.45) is 10.6. The number of benzene rings is 1. The molecule has 0 saturated heterocycles. The third-order valence-corrected chi connectivity index (χ3v) is 3.01. The first-order valence-electron chi connectivity index (χ1n) is 7.76. The van der Waals surface area contributed by atoms with Crippen molar-refractivity contribution in [2.75, 3.05) is 14.1 Å². The highest BCUT2D eigenvalue weighted by Gasteiger charge is 1.94. The molecule has 1 aromatic carbocycles. The van der Waals surface area contributed by atoms with Gasteiger partial charge in [0.2, 0.25) is 0 Å². The third kappa shape index (κ3) is 13.7. The fourth-order valence-electron chi connectivity index (χ4n) is 1.95. The van der Waals surface area contributed by atoms with Crippen molar-refractivity contribution in [2.24, 2.45) is 0 Å². The Balaban J connectivity index is 0. The Morgan fingerprint density at radius 2 is 1.30 bits per heavy atom. The highest BCUT2D eigenvalue weighted by molar-refractivity contribution is 5.25. The van der Waals surface area contributed by atoms with Crippen LogP contribution in [0, 0.1) is 0 Å². The standard InChI is InChI=1S/C15H24O.C2H7N.ClH/c1-2-3-4-5-6-7-8-9-14-10-12-15(16)13-11-14;1-3-2;/h10-13,16H,2-9H2,1H3;3H,1-2H3;1H. The summed E-state index contributed by atoms with van der Waals surface area (Å²) in [7, 11) is 4.00. The molecule has 0 aliphatic rings. The van der Waals surface area contributed by atoms with Gasteiger partial charge in [-0.25, -0.2) is 0 Å². The van der Waals surface area contributed by atoms with Crippen LogP contribution >= 0.6 is 0 Å². The van der Waals surface area contributed by atoms with Crippen molar-refractivity contribution in [3.63, 3.8) is 0 Å². The van der Waals surface area contributed by atoms with Gasteiger partial charge < -0.3 is 22.8 Å². The molecule has 0 spiro atoms. The van der Waals surface area contributed by atoms with E-state index in [1.807, 2.05) is 31.5 Å². The Morgan fingerprint density at radius 3 is 1.80 bits per heavy atom. The number of hydrogen-bond donors (Lipinski definition) is 2. The Labute approximate surface area is 131 Å². The van der Waals surface area contributed by atoms with Crippen LogP contribution in [0.15, 0.2) is 24.3 Å². The van der Waals surface area contributed by atoms with Gasteiger partial charge in [-0.2, -0.15) is 0 Å². The van der Waals surface area contributed by atoms with Crippen LogP contribution < -0.4 is 17.7 Å². The van der Waals surface area contributed by atoms with Crippen LogP contribution in [-0.2, 0) is 6.42 Å². The summed E-state index contributed by atoms with van der Waals surface area (Å²) in [5.41, 5.74) is 1.34. The number of aryl methyl sites for hydroxylation is 1. The van der Waals surface area contributed by atoms with Crippen molar-refractivity contribution in [1.29, 1.82) is 0 Å². The van der Waals surface area contributed by atoms with Crippen LogP contribution in [0.1, 0.15) is 57.4 Å². The van der Waals surface area contributed by atoms with Crippen LogP contribution in [0.4, 0.5) is 0 Å². The maximum absolute atomic E-state index is 9.15. The van der Waals surface area contributed by atoms with E-state index in [1.54, 1.807) is 12.1 Å². The fourth-order valence-corrected chi connectivity index (χ4v) is 1.95. The number of unbranched alkanes of at least 4 members (excludes halogenated alkanes) is 6.